The Labute approximate surface area is 124 Å². The molecule has 0 unspecified atom stereocenters. The van der Waals surface area contributed by atoms with Gasteiger partial charge in [0.1, 0.15) is 0 Å². The second-order valence-electron chi connectivity index (χ2n) is 7.18. The highest BCUT2D eigenvalue weighted by atomic mass is 16.5. The average molecular weight is 284 g/mol. The van der Waals surface area contributed by atoms with Crippen LogP contribution in [0.3, 0.4) is 0 Å². The molecule has 0 radical (unpaired) electrons. The molecule has 0 aromatic carbocycles. The first kappa shape index (κ1) is 16.2. The lowest BCUT2D eigenvalue weighted by atomic mass is 10.1. The second-order valence-corrected chi connectivity index (χ2v) is 7.18. The zero-order valence-corrected chi connectivity index (χ0v) is 13.6. The third-order valence-electron chi connectivity index (χ3n) is 4.14. The van der Waals surface area contributed by atoms with Gasteiger partial charge in [-0.1, -0.05) is 0 Å². The van der Waals surface area contributed by atoms with E-state index in [1.807, 2.05) is 0 Å². The van der Waals surface area contributed by atoms with Crippen molar-refractivity contribution in [2.75, 3.05) is 59.1 Å². The minimum Gasteiger partial charge on any atom is -0.379 e. The Balaban J connectivity index is 1.55. The van der Waals surface area contributed by atoms with Gasteiger partial charge in [-0.3, -0.25) is 4.90 Å². The molecular formula is C16H32N2O2. The number of nitrogens with zero attached hydrogens (tertiary/aromatic N) is 2. The molecule has 0 spiro atoms. The van der Waals surface area contributed by atoms with Gasteiger partial charge in [0, 0.05) is 39.3 Å². The van der Waals surface area contributed by atoms with Crippen LogP contribution in [0.5, 0.6) is 0 Å². The monoisotopic (exact) mass is 284 g/mol. The summed E-state index contributed by atoms with van der Waals surface area (Å²) in [6, 6.07) is 0. The number of hydrogen-bond donors (Lipinski definition) is 0. The van der Waals surface area contributed by atoms with Crippen molar-refractivity contribution in [3.8, 4) is 0 Å². The van der Waals surface area contributed by atoms with Gasteiger partial charge in [-0.15, -0.1) is 0 Å². The number of hydrogen-bond acceptors (Lipinski definition) is 4. The predicted octanol–water partition coefficient (Wildman–Crippen LogP) is 1.85. The molecule has 4 heteroatoms. The molecule has 0 amide bonds. The van der Waals surface area contributed by atoms with E-state index in [0.29, 0.717) is 0 Å². The standard InChI is InChI=1S/C16H32N2O2/c1-16(2,3)20-10-4-6-17-7-5-15(13-17)14-18-8-11-19-12-9-18/h15H,4-14H2,1-3H3/t15-/m0/s1. The molecule has 0 aromatic rings. The van der Waals surface area contributed by atoms with Gasteiger partial charge in [0.15, 0.2) is 0 Å². The van der Waals surface area contributed by atoms with Crippen LogP contribution in [0.25, 0.3) is 0 Å². The summed E-state index contributed by atoms with van der Waals surface area (Å²) in [7, 11) is 0. The molecule has 118 valence electrons. The fourth-order valence-corrected chi connectivity index (χ4v) is 3.08. The summed E-state index contributed by atoms with van der Waals surface area (Å²) in [5, 5.41) is 0. The van der Waals surface area contributed by atoms with E-state index in [9.17, 15) is 0 Å². The lowest BCUT2D eigenvalue weighted by molar-refractivity contribution is -0.00654. The molecule has 0 bridgehead atoms. The number of morpholine rings is 1. The van der Waals surface area contributed by atoms with Crippen molar-refractivity contribution in [2.24, 2.45) is 5.92 Å². The molecule has 2 aliphatic heterocycles. The Morgan fingerprint density at radius 1 is 1.10 bits per heavy atom. The van der Waals surface area contributed by atoms with Gasteiger partial charge in [0.2, 0.25) is 0 Å². The molecule has 2 fully saturated rings. The molecule has 2 saturated heterocycles. The summed E-state index contributed by atoms with van der Waals surface area (Å²) >= 11 is 0. The summed E-state index contributed by atoms with van der Waals surface area (Å²) in [5.41, 5.74) is 0.00385. The van der Waals surface area contributed by atoms with Crippen molar-refractivity contribution in [3.05, 3.63) is 0 Å². The normalized spacial score (nSPS) is 26.2. The molecule has 0 aromatic heterocycles. The van der Waals surface area contributed by atoms with Crippen LogP contribution >= 0.6 is 0 Å². The first-order chi connectivity index (χ1) is 9.53. The molecular weight excluding hydrogens is 252 g/mol. The molecule has 2 rings (SSSR count). The molecule has 2 aliphatic rings. The largest absolute Gasteiger partial charge is 0.379 e. The first-order valence-corrected chi connectivity index (χ1v) is 8.19. The van der Waals surface area contributed by atoms with Crippen LogP contribution in [-0.2, 0) is 9.47 Å². The van der Waals surface area contributed by atoms with Crippen LogP contribution in [0.1, 0.15) is 33.6 Å². The minimum atomic E-state index is 0.00385. The van der Waals surface area contributed by atoms with Gasteiger partial charge >= 0.3 is 0 Å². The quantitative estimate of drug-likeness (QED) is 0.695. The Hall–Kier alpha value is -0.160. The predicted molar refractivity (Wildman–Crippen MR) is 82.1 cm³/mol. The highest BCUT2D eigenvalue weighted by molar-refractivity contribution is 4.79. The lowest BCUT2D eigenvalue weighted by Gasteiger charge is -2.29. The van der Waals surface area contributed by atoms with Crippen molar-refractivity contribution >= 4 is 0 Å². The topological polar surface area (TPSA) is 24.9 Å². The lowest BCUT2D eigenvalue weighted by Crippen LogP contribution is -2.40. The van der Waals surface area contributed by atoms with Gasteiger partial charge in [-0.2, -0.15) is 0 Å². The first-order valence-electron chi connectivity index (χ1n) is 8.19. The maximum absolute atomic E-state index is 5.79. The smallest absolute Gasteiger partial charge is 0.0598 e. The molecule has 1 atom stereocenters. The Morgan fingerprint density at radius 3 is 2.55 bits per heavy atom. The van der Waals surface area contributed by atoms with Gasteiger partial charge < -0.3 is 14.4 Å². The third-order valence-corrected chi connectivity index (χ3v) is 4.14. The maximum atomic E-state index is 5.79. The minimum absolute atomic E-state index is 0.00385. The fraction of sp³-hybridized carbons (Fsp3) is 1.00. The van der Waals surface area contributed by atoms with E-state index in [-0.39, 0.29) is 5.60 Å². The average Bonchev–Trinajstić information content (AvgIpc) is 2.82. The highest BCUT2D eigenvalue weighted by Crippen LogP contribution is 2.18. The third kappa shape index (κ3) is 6.08. The number of ether oxygens (including phenoxy) is 2. The van der Waals surface area contributed by atoms with Crippen molar-refractivity contribution in [1.82, 2.24) is 9.80 Å². The van der Waals surface area contributed by atoms with Gasteiger partial charge in [0.25, 0.3) is 0 Å². The van der Waals surface area contributed by atoms with Crippen LogP contribution in [-0.4, -0.2) is 74.5 Å². The van der Waals surface area contributed by atoms with Gasteiger partial charge in [-0.05, 0) is 46.1 Å². The Bertz CT molecular complexity index is 272. The van der Waals surface area contributed by atoms with E-state index in [1.165, 1.54) is 32.6 Å². The maximum Gasteiger partial charge on any atom is 0.0598 e. The second kappa shape index (κ2) is 7.74. The van der Waals surface area contributed by atoms with Crippen LogP contribution in [0.2, 0.25) is 0 Å². The molecule has 0 saturated carbocycles. The van der Waals surface area contributed by atoms with Crippen molar-refractivity contribution in [1.29, 1.82) is 0 Å². The summed E-state index contributed by atoms with van der Waals surface area (Å²) in [6.45, 7) is 16.3. The van der Waals surface area contributed by atoms with Crippen molar-refractivity contribution in [2.45, 2.75) is 39.2 Å². The number of rotatable bonds is 6. The fourth-order valence-electron chi connectivity index (χ4n) is 3.08. The van der Waals surface area contributed by atoms with Gasteiger partial charge in [0.05, 0.1) is 18.8 Å². The summed E-state index contributed by atoms with van der Waals surface area (Å²) in [5.74, 6) is 0.858. The van der Waals surface area contributed by atoms with Crippen molar-refractivity contribution < 1.29 is 9.47 Å². The van der Waals surface area contributed by atoms with Gasteiger partial charge in [-0.25, -0.2) is 0 Å². The highest BCUT2D eigenvalue weighted by Gasteiger charge is 2.24. The Morgan fingerprint density at radius 2 is 1.85 bits per heavy atom. The van der Waals surface area contributed by atoms with E-state index >= 15 is 0 Å². The van der Waals surface area contributed by atoms with Crippen LogP contribution < -0.4 is 0 Å². The molecule has 0 aliphatic carbocycles. The summed E-state index contributed by atoms with van der Waals surface area (Å²) in [6.07, 6.45) is 2.51. The number of likely N-dealkylation sites (tertiary alicyclic amines) is 1. The van der Waals surface area contributed by atoms with E-state index in [1.54, 1.807) is 0 Å². The van der Waals surface area contributed by atoms with Crippen molar-refractivity contribution in [3.63, 3.8) is 0 Å². The van der Waals surface area contributed by atoms with Crippen LogP contribution in [0.4, 0.5) is 0 Å². The zero-order valence-electron chi connectivity index (χ0n) is 13.6. The van der Waals surface area contributed by atoms with E-state index in [4.69, 9.17) is 9.47 Å². The van der Waals surface area contributed by atoms with Crippen LogP contribution in [0, 0.1) is 5.92 Å². The zero-order chi connectivity index (χ0) is 14.4. The van der Waals surface area contributed by atoms with E-state index < -0.39 is 0 Å². The molecule has 0 N–H and O–H groups in total. The summed E-state index contributed by atoms with van der Waals surface area (Å²) in [4.78, 5) is 5.18. The SMILES string of the molecule is CC(C)(C)OCCCN1CC[C@H](CN2CCOCC2)C1. The molecule has 2 heterocycles. The summed E-state index contributed by atoms with van der Waals surface area (Å²) < 4.78 is 11.2. The Kier molecular flexibility index (Phi) is 6.27. The van der Waals surface area contributed by atoms with E-state index in [0.717, 1.165) is 45.2 Å². The van der Waals surface area contributed by atoms with E-state index in [2.05, 4.69) is 30.6 Å². The van der Waals surface area contributed by atoms with Crippen LogP contribution in [0.15, 0.2) is 0 Å². The molecule has 20 heavy (non-hydrogen) atoms. The molecule has 4 nitrogen and oxygen atoms in total.